The minimum absolute atomic E-state index is 0. The van der Waals surface area contributed by atoms with Crippen molar-refractivity contribution >= 4 is 11.7 Å². The fourth-order valence-electron chi connectivity index (χ4n) is 1.72. The first-order valence-corrected chi connectivity index (χ1v) is 7.06. The Bertz CT molecular complexity index is 557. The lowest BCUT2D eigenvalue weighted by Gasteiger charge is -2.03. The number of pyridine rings is 1. The van der Waals surface area contributed by atoms with E-state index in [1.54, 1.807) is 0 Å². The highest BCUT2D eigenvalue weighted by molar-refractivity contribution is 6.99. The van der Waals surface area contributed by atoms with Gasteiger partial charge in [-0.15, -0.1) is 4.37 Å². The predicted octanol–water partition coefficient (Wildman–Crippen LogP) is -0.231. The Morgan fingerprint density at radius 1 is 1.40 bits per heavy atom. The highest BCUT2D eigenvalue weighted by atomic mass is 127. The van der Waals surface area contributed by atoms with Gasteiger partial charge in [-0.1, -0.05) is 12.2 Å². The van der Waals surface area contributed by atoms with Crippen LogP contribution in [0.3, 0.4) is 0 Å². The number of aromatic nitrogens is 3. The number of allylic oxidation sites excluding steroid dienone is 2. The van der Waals surface area contributed by atoms with Gasteiger partial charge >= 0.3 is 0 Å². The van der Waals surface area contributed by atoms with Crippen molar-refractivity contribution in [2.75, 3.05) is 6.61 Å². The van der Waals surface area contributed by atoms with Crippen molar-refractivity contribution in [2.24, 2.45) is 7.05 Å². The third kappa shape index (κ3) is 4.82. The Morgan fingerprint density at radius 3 is 3.00 bits per heavy atom. The molecule has 4 nitrogen and oxygen atoms in total. The van der Waals surface area contributed by atoms with Gasteiger partial charge in [0.25, 0.3) is 5.88 Å². The lowest BCUT2D eigenvalue weighted by Crippen LogP contribution is -3.00. The summed E-state index contributed by atoms with van der Waals surface area (Å²) in [5.41, 5.74) is 1.86. The lowest BCUT2D eigenvalue weighted by atomic mass is 10.2. The minimum Gasteiger partial charge on any atom is -1.00 e. The van der Waals surface area contributed by atoms with Crippen LogP contribution in [0, 0.1) is 0 Å². The van der Waals surface area contributed by atoms with E-state index in [0.29, 0.717) is 12.5 Å². The minimum atomic E-state index is 0. The molecule has 0 N–H and O–H groups in total. The quantitative estimate of drug-likeness (QED) is 0.290. The average Bonchev–Trinajstić information content (AvgIpc) is 2.87. The van der Waals surface area contributed by atoms with Crippen LogP contribution in [0.5, 0.6) is 5.88 Å². The first-order valence-electron chi connectivity index (χ1n) is 6.33. The third-order valence-corrected chi connectivity index (χ3v) is 3.17. The number of rotatable bonds is 6. The summed E-state index contributed by atoms with van der Waals surface area (Å²) in [4.78, 5) is 0. The van der Waals surface area contributed by atoms with Crippen molar-refractivity contribution in [3.63, 3.8) is 0 Å². The molecule has 0 atom stereocenters. The van der Waals surface area contributed by atoms with Crippen LogP contribution in [0.15, 0.2) is 36.7 Å². The molecule has 20 heavy (non-hydrogen) atoms. The first kappa shape index (κ1) is 17.0. The molecule has 6 heteroatoms. The van der Waals surface area contributed by atoms with Gasteiger partial charge < -0.3 is 28.7 Å². The van der Waals surface area contributed by atoms with Crippen LogP contribution in [0.1, 0.15) is 19.8 Å². The maximum atomic E-state index is 5.71. The van der Waals surface area contributed by atoms with Gasteiger partial charge in [-0.05, 0) is 25.8 Å². The summed E-state index contributed by atoms with van der Waals surface area (Å²) in [6.45, 7) is 2.69. The average molecular weight is 403 g/mol. The Hall–Kier alpha value is -1.02. The van der Waals surface area contributed by atoms with E-state index < -0.39 is 0 Å². The summed E-state index contributed by atoms with van der Waals surface area (Å²) >= 11 is 1.19. The predicted molar refractivity (Wildman–Crippen MR) is 76.1 cm³/mol. The van der Waals surface area contributed by atoms with Crippen molar-refractivity contribution in [2.45, 2.75) is 19.8 Å². The van der Waals surface area contributed by atoms with Gasteiger partial charge in [0.05, 0.1) is 23.9 Å². The van der Waals surface area contributed by atoms with Gasteiger partial charge in [0.1, 0.15) is 7.05 Å². The van der Waals surface area contributed by atoms with E-state index in [-0.39, 0.29) is 24.0 Å². The van der Waals surface area contributed by atoms with Gasteiger partial charge in [-0.2, -0.15) is 4.37 Å². The van der Waals surface area contributed by atoms with Gasteiger partial charge in [0.15, 0.2) is 18.1 Å². The molecule has 0 aliphatic rings. The van der Waals surface area contributed by atoms with Crippen molar-refractivity contribution in [1.29, 1.82) is 0 Å². The molecule has 0 spiro atoms. The Labute approximate surface area is 140 Å². The molecule has 0 radical (unpaired) electrons. The summed E-state index contributed by atoms with van der Waals surface area (Å²) in [6, 6.07) is 4.01. The number of hydrogen-bond donors (Lipinski definition) is 0. The molecule has 0 fully saturated rings. The van der Waals surface area contributed by atoms with Crippen LogP contribution < -0.4 is 33.3 Å². The van der Waals surface area contributed by atoms with E-state index in [9.17, 15) is 0 Å². The van der Waals surface area contributed by atoms with E-state index in [4.69, 9.17) is 4.74 Å². The van der Waals surface area contributed by atoms with Crippen LogP contribution in [-0.2, 0) is 7.05 Å². The summed E-state index contributed by atoms with van der Waals surface area (Å²) < 4.78 is 16.2. The van der Waals surface area contributed by atoms with Gasteiger partial charge in [0.2, 0.25) is 0 Å². The molecule has 2 aromatic heterocycles. The van der Waals surface area contributed by atoms with Crippen LogP contribution in [0.2, 0.25) is 0 Å². The van der Waals surface area contributed by atoms with E-state index in [2.05, 4.69) is 20.9 Å². The topological polar surface area (TPSA) is 38.9 Å². The highest BCUT2D eigenvalue weighted by Crippen LogP contribution is 2.26. The largest absolute Gasteiger partial charge is 1.00 e. The highest BCUT2D eigenvalue weighted by Gasteiger charge is 2.13. The maximum Gasteiger partial charge on any atom is 0.254 e. The SMILES string of the molecule is CC=CCCCOc1nsnc1-c1ccc[n+](C)c1.[I-]. The van der Waals surface area contributed by atoms with E-state index in [1.807, 2.05) is 43.1 Å². The molecule has 0 saturated heterocycles. The summed E-state index contributed by atoms with van der Waals surface area (Å²) in [6.07, 6.45) is 10.2. The Balaban J connectivity index is 0.00000200. The number of ether oxygens (including phenoxy) is 1. The fraction of sp³-hybridized carbons (Fsp3) is 0.357. The molecule has 0 unspecified atom stereocenters. The second-order valence-corrected chi connectivity index (χ2v) is 4.76. The molecule has 2 heterocycles. The normalized spacial score (nSPS) is 10.5. The molecule has 2 rings (SSSR count). The second kappa shape index (κ2) is 9.02. The number of unbranched alkanes of at least 4 members (excludes halogenated alkanes) is 1. The van der Waals surface area contributed by atoms with Gasteiger partial charge in [0, 0.05) is 6.07 Å². The molecular formula is C14H18IN3OS. The summed E-state index contributed by atoms with van der Waals surface area (Å²) in [5, 5.41) is 0. The molecule has 108 valence electrons. The van der Waals surface area contributed by atoms with Crippen LogP contribution in [-0.4, -0.2) is 15.4 Å². The third-order valence-electron chi connectivity index (χ3n) is 2.66. The van der Waals surface area contributed by atoms with Crippen molar-refractivity contribution in [3.8, 4) is 17.1 Å². The Morgan fingerprint density at radius 2 is 2.25 bits per heavy atom. The van der Waals surface area contributed by atoms with E-state index >= 15 is 0 Å². The molecule has 0 aliphatic heterocycles. The zero-order valence-electron chi connectivity index (χ0n) is 11.6. The molecule has 0 aliphatic carbocycles. The number of halogens is 1. The monoisotopic (exact) mass is 403 g/mol. The van der Waals surface area contributed by atoms with Gasteiger partial charge in [-0.3, -0.25) is 0 Å². The standard InChI is InChI=1S/C14H18N3OS.HI/c1-3-4-5-6-10-18-14-13(15-19-16-14)12-8-7-9-17(2)11-12;/h3-4,7-9,11H,5-6,10H2,1-2H3;1H/q+1;/p-1. The summed E-state index contributed by atoms with van der Waals surface area (Å²) in [5.74, 6) is 0.636. The van der Waals surface area contributed by atoms with Crippen LogP contribution >= 0.6 is 11.7 Å². The van der Waals surface area contributed by atoms with Crippen LogP contribution in [0.25, 0.3) is 11.3 Å². The number of nitrogens with zero attached hydrogens (tertiary/aromatic N) is 3. The fourth-order valence-corrected chi connectivity index (χ4v) is 2.24. The maximum absolute atomic E-state index is 5.71. The molecule has 0 amide bonds. The van der Waals surface area contributed by atoms with Crippen molar-refractivity contribution in [1.82, 2.24) is 8.75 Å². The van der Waals surface area contributed by atoms with Crippen molar-refractivity contribution < 1.29 is 33.3 Å². The molecule has 0 saturated carbocycles. The lowest BCUT2D eigenvalue weighted by molar-refractivity contribution is -0.671. The van der Waals surface area contributed by atoms with E-state index in [1.165, 1.54) is 11.7 Å². The second-order valence-electron chi connectivity index (χ2n) is 4.24. The number of aryl methyl sites for hydroxylation is 1. The zero-order valence-corrected chi connectivity index (χ0v) is 14.6. The summed E-state index contributed by atoms with van der Waals surface area (Å²) in [7, 11) is 1.99. The van der Waals surface area contributed by atoms with Crippen LogP contribution in [0.4, 0.5) is 0 Å². The van der Waals surface area contributed by atoms with Crippen molar-refractivity contribution in [3.05, 3.63) is 36.7 Å². The number of hydrogen-bond acceptors (Lipinski definition) is 4. The van der Waals surface area contributed by atoms with Gasteiger partial charge in [-0.25, -0.2) is 4.57 Å². The Kier molecular flexibility index (Phi) is 7.68. The molecular weight excluding hydrogens is 385 g/mol. The smallest absolute Gasteiger partial charge is 0.254 e. The molecule has 2 aromatic rings. The zero-order chi connectivity index (χ0) is 13.5. The molecule has 0 aromatic carbocycles. The van der Waals surface area contributed by atoms with E-state index in [0.717, 1.165) is 24.1 Å². The molecule has 0 bridgehead atoms. The first-order chi connectivity index (χ1) is 9.31.